The first-order chi connectivity index (χ1) is 9.70. The molecule has 20 heavy (non-hydrogen) atoms. The molecular weight excluding hydrogens is 280 g/mol. The summed E-state index contributed by atoms with van der Waals surface area (Å²) in [7, 11) is 0. The SMILES string of the molecule is CCC(CNC(=O)C1CNNN1)Oc1ccccc1Cl. The van der Waals surface area contributed by atoms with E-state index in [1.165, 1.54) is 0 Å². The predicted octanol–water partition coefficient (Wildman–Crippen LogP) is 0.595. The second-order valence-corrected chi connectivity index (χ2v) is 4.93. The zero-order valence-corrected chi connectivity index (χ0v) is 12.0. The Labute approximate surface area is 123 Å². The van der Waals surface area contributed by atoms with Crippen LogP contribution in [0.4, 0.5) is 0 Å². The van der Waals surface area contributed by atoms with Crippen LogP contribution in [0.1, 0.15) is 13.3 Å². The number of rotatable bonds is 6. The first-order valence-corrected chi connectivity index (χ1v) is 7.00. The summed E-state index contributed by atoms with van der Waals surface area (Å²) < 4.78 is 5.81. The lowest BCUT2D eigenvalue weighted by Gasteiger charge is -2.19. The Morgan fingerprint density at radius 2 is 2.35 bits per heavy atom. The van der Waals surface area contributed by atoms with Crippen LogP contribution in [0.5, 0.6) is 5.75 Å². The van der Waals surface area contributed by atoms with Crippen molar-refractivity contribution in [1.82, 2.24) is 21.7 Å². The van der Waals surface area contributed by atoms with Gasteiger partial charge in [0.15, 0.2) is 0 Å². The van der Waals surface area contributed by atoms with Crippen molar-refractivity contribution in [2.45, 2.75) is 25.5 Å². The number of hydrogen-bond acceptors (Lipinski definition) is 5. The van der Waals surface area contributed by atoms with E-state index in [1.54, 1.807) is 6.07 Å². The number of carbonyl (C=O) groups is 1. The molecule has 1 saturated heterocycles. The Bertz CT molecular complexity index is 452. The molecule has 1 aromatic carbocycles. The van der Waals surface area contributed by atoms with Crippen LogP contribution in [0.25, 0.3) is 0 Å². The Balaban J connectivity index is 1.83. The summed E-state index contributed by atoms with van der Waals surface area (Å²) in [4.78, 5) is 11.8. The number of amides is 1. The molecule has 2 atom stereocenters. The minimum atomic E-state index is -0.271. The molecule has 110 valence electrons. The van der Waals surface area contributed by atoms with Crippen molar-refractivity contribution in [3.05, 3.63) is 29.3 Å². The monoisotopic (exact) mass is 298 g/mol. The van der Waals surface area contributed by atoms with Crippen molar-refractivity contribution < 1.29 is 9.53 Å². The summed E-state index contributed by atoms with van der Waals surface area (Å²) in [5.74, 6) is 0.571. The maximum absolute atomic E-state index is 11.8. The number of carbonyl (C=O) groups excluding carboxylic acids is 1. The molecule has 0 aliphatic carbocycles. The number of hydrogen-bond donors (Lipinski definition) is 4. The fourth-order valence-corrected chi connectivity index (χ4v) is 2.01. The van der Waals surface area contributed by atoms with E-state index >= 15 is 0 Å². The highest BCUT2D eigenvalue weighted by Crippen LogP contribution is 2.24. The molecule has 0 aromatic heterocycles. The summed E-state index contributed by atoms with van der Waals surface area (Å²) in [5.41, 5.74) is 8.35. The van der Waals surface area contributed by atoms with E-state index in [0.717, 1.165) is 6.42 Å². The number of para-hydroxylation sites is 1. The third kappa shape index (κ3) is 4.08. The van der Waals surface area contributed by atoms with E-state index in [-0.39, 0.29) is 18.1 Å². The van der Waals surface area contributed by atoms with E-state index in [9.17, 15) is 4.79 Å². The average molecular weight is 299 g/mol. The lowest BCUT2D eigenvalue weighted by Crippen LogP contribution is -2.47. The van der Waals surface area contributed by atoms with E-state index in [1.807, 2.05) is 25.1 Å². The number of nitrogens with one attached hydrogen (secondary N) is 4. The van der Waals surface area contributed by atoms with Gasteiger partial charge in [0, 0.05) is 6.54 Å². The number of benzene rings is 1. The van der Waals surface area contributed by atoms with Gasteiger partial charge in [-0.2, -0.15) is 5.53 Å². The van der Waals surface area contributed by atoms with Gasteiger partial charge in [0.25, 0.3) is 0 Å². The number of hydrazine groups is 2. The Morgan fingerprint density at radius 1 is 1.55 bits per heavy atom. The van der Waals surface area contributed by atoms with Crippen molar-refractivity contribution in [1.29, 1.82) is 0 Å². The molecule has 7 heteroatoms. The zero-order chi connectivity index (χ0) is 14.4. The minimum absolute atomic E-state index is 0.0660. The molecule has 1 aliphatic rings. The fourth-order valence-electron chi connectivity index (χ4n) is 1.83. The van der Waals surface area contributed by atoms with Gasteiger partial charge in [-0.05, 0) is 18.6 Å². The summed E-state index contributed by atoms with van der Waals surface area (Å²) in [6.07, 6.45) is 0.668. The summed E-state index contributed by atoms with van der Waals surface area (Å²) in [5, 5.41) is 3.44. The van der Waals surface area contributed by atoms with Crippen LogP contribution < -0.4 is 26.4 Å². The first kappa shape index (κ1) is 15.1. The third-order valence-electron chi connectivity index (χ3n) is 3.05. The van der Waals surface area contributed by atoms with Crippen LogP contribution in [0, 0.1) is 0 Å². The van der Waals surface area contributed by atoms with Crippen LogP contribution in [-0.2, 0) is 4.79 Å². The van der Waals surface area contributed by atoms with Crippen LogP contribution >= 0.6 is 11.6 Å². The van der Waals surface area contributed by atoms with Gasteiger partial charge in [-0.15, -0.1) is 0 Å². The molecule has 0 spiro atoms. The molecule has 2 rings (SSSR count). The van der Waals surface area contributed by atoms with Crippen LogP contribution in [0.3, 0.4) is 0 Å². The Hall–Kier alpha value is -1.34. The highest BCUT2D eigenvalue weighted by atomic mass is 35.5. The maximum atomic E-state index is 11.8. The topological polar surface area (TPSA) is 74.4 Å². The highest BCUT2D eigenvalue weighted by molar-refractivity contribution is 6.32. The van der Waals surface area contributed by atoms with Gasteiger partial charge in [-0.1, -0.05) is 30.7 Å². The highest BCUT2D eigenvalue weighted by Gasteiger charge is 2.22. The van der Waals surface area contributed by atoms with Gasteiger partial charge in [0.1, 0.15) is 17.9 Å². The molecule has 6 nitrogen and oxygen atoms in total. The molecule has 0 radical (unpaired) electrons. The zero-order valence-electron chi connectivity index (χ0n) is 11.3. The molecule has 1 aromatic rings. The minimum Gasteiger partial charge on any atom is -0.487 e. The van der Waals surface area contributed by atoms with Crippen molar-refractivity contribution in [2.24, 2.45) is 0 Å². The van der Waals surface area contributed by atoms with Crippen molar-refractivity contribution in [2.75, 3.05) is 13.1 Å². The van der Waals surface area contributed by atoms with Crippen molar-refractivity contribution in [3.8, 4) is 5.75 Å². The quantitative estimate of drug-likeness (QED) is 0.619. The molecule has 0 saturated carbocycles. The lowest BCUT2D eigenvalue weighted by molar-refractivity contribution is -0.123. The van der Waals surface area contributed by atoms with Gasteiger partial charge < -0.3 is 10.1 Å². The van der Waals surface area contributed by atoms with Crippen LogP contribution in [0.2, 0.25) is 5.02 Å². The van der Waals surface area contributed by atoms with E-state index in [2.05, 4.69) is 21.7 Å². The summed E-state index contributed by atoms with van der Waals surface area (Å²) >= 11 is 6.05. The Kier molecular flexibility index (Phi) is 5.60. The predicted molar refractivity (Wildman–Crippen MR) is 77.2 cm³/mol. The van der Waals surface area contributed by atoms with Gasteiger partial charge in [0.2, 0.25) is 5.91 Å². The standard InChI is InChI=1S/C13H19ClN4O2/c1-2-9(20-12-6-4-3-5-10(12)14)7-15-13(19)11-8-16-18-17-11/h3-6,9,11,16-18H,2,7-8H2,1H3,(H,15,19). The maximum Gasteiger partial charge on any atom is 0.240 e. The molecule has 4 N–H and O–H groups in total. The largest absolute Gasteiger partial charge is 0.487 e. The van der Waals surface area contributed by atoms with Crippen molar-refractivity contribution >= 4 is 17.5 Å². The fraction of sp³-hybridized carbons (Fsp3) is 0.462. The van der Waals surface area contributed by atoms with E-state index < -0.39 is 0 Å². The number of halogens is 1. The molecule has 0 bridgehead atoms. The van der Waals surface area contributed by atoms with Crippen LogP contribution in [-0.4, -0.2) is 31.1 Å². The third-order valence-corrected chi connectivity index (χ3v) is 3.36. The van der Waals surface area contributed by atoms with Crippen LogP contribution in [0.15, 0.2) is 24.3 Å². The van der Waals surface area contributed by atoms with Gasteiger partial charge in [0.05, 0.1) is 11.6 Å². The smallest absolute Gasteiger partial charge is 0.240 e. The summed E-state index contributed by atoms with van der Waals surface area (Å²) in [6, 6.07) is 7.05. The average Bonchev–Trinajstić information content (AvgIpc) is 2.99. The Morgan fingerprint density at radius 3 is 3.00 bits per heavy atom. The lowest BCUT2D eigenvalue weighted by atomic mass is 10.2. The second kappa shape index (κ2) is 7.44. The van der Waals surface area contributed by atoms with E-state index in [0.29, 0.717) is 23.9 Å². The molecule has 1 aliphatic heterocycles. The normalized spacial score (nSPS) is 19.6. The molecule has 1 fully saturated rings. The van der Waals surface area contributed by atoms with Gasteiger partial charge >= 0.3 is 0 Å². The summed E-state index contributed by atoms with van der Waals surface area (Å²) in [6.45, 7) is 3.00. The molecular formula is C13H19ClN4O2. The van der Waals surface area contributed by atoms with Gasteiger partial charge in [-0.25, -0.2) is 10.9 Å². The number of ether oxygens (including phenoxy) is 1. The first-order valence-electron chi connectivity index (χ1n) is 6.63. The molecule has 2 unspecified atom stereocenters. The molecule has 1 heterocycles. The van der Waals surface area contributed by atoms with Crippen molar-refractivity contribution in [3.63, 3.8) is 0 Å². The molecule has 1 amide bonds. The van der Waals surface area contributed by atoms with Gasteiger partial charge in [-0.3, -0.25) is 4.79 Å². The second-order valence-electron chi connectivity index (χ2n) is 4.53. The van der Waals surface area contributed by atoms with E-state index in [4.69, 9.17) is 16.3 Å².